The average Bonchev–Trinajstić information content (AvgIpc) is 3.17. The fourth-order valence-corrected chi connectivity index (χ4v) is 3.62. The Morgan fingerprint density at radius 1 is 1.08 bits per heavy atom. The van der Waals surface area contributed by atoms with Crippen molar-refractivity contribution in [3.05, 3.63) is 99.1 Å². The number of nitro groups is 1. The molecule has 0 radical (unpaired) electrons. The summed E-state index contributed by atoms with van der Waals surface area (Å²) in [5.41, 5.74) is 3.19. The van der Waals surface area contributed by atoms with Gasteiger partial charge in [-0.15, -0.1) is 0 Å². The maximum atomic E-state index is 12.9. The van der Waals surface area contributed by atoms with Gasteiger partial charge in [-0.1, -0.05) is 30.3 Å². The average molecular weight is 503 g/mol. The molecule has 1 saturated heterocycles. The zero-order chi connectivity index (χ0) is 26.5. The first kappa shape index (κ1) is 24.9. The zero-order valence-electron chi connectivity index (χ0n) is 19.5. The van der Waals surface area contributed by atoms with Gasteiger partial charge in [-0.3, -0.25) is 25.1 Å². The van der Waals surface area contributed by atoms with Crippen LogP contribution in [-0.2, 0) is 16.2 Å². The largest absolute Gasteiger partial charge is 0.490 e. The van der Waals surface area contributed by atoms with Crippen LogP contribution < -0.4 is 19.9 Å². The smallest absolute Gasteiger partial charge is 0.335 e. The van der Waals surface area contributed by atoms with E-state index >= 15 is 0 Å². The van der Waals surface area contributed by atoms with E-state index in [2.05, 4.69) is 5.43 Å². The fraction of sp³-hybridized carbons (Fsp3) is 0.115. The highest BCUT2D eigenvalue weighted by molar-refractivity contribution is 6.31. The number of rotatable bonds is 9. The summed E-state index contributed by atoms with van der Waals surface area (Å²) < 4.78 is 11.3. The molecule has 0 saturated carbocycles. The molecule has 0 aliphatic carbocycles. The van der Waals surface area contributed by atoms with Crippen LogP contribution in [-0.4, -0.2) is 34.4 Å². The molecule has 11 heteroatoms. The van der Waals surface area contributed by atoms with Crippen molar-refractivity contribution in [2.75, 3.05) is 11.6 Å². The molecule has 3 aromatic carbocycles. The number of nitrogens with zero attached hydrogens (tertiary/aromatic N) is 2. The van der Waals surface area contributed by atoms with Gasteiger partial charge in [-0.25, -0.2) is 9.80 Å². The first-order valence-electron chi connectivity index (χ1n) is 11.1. The minimum absolute atomic E-state index is 0.0523. The van der Waals surface area contributed by atoms with Crippen LogP contribution in [0.4, 0.5) is 11.4 Å². The minimum Gasteiger partial charge on any atom is -0.490 e. The zero-order valence-corrected chi connectivity index (χ0v) is 19.5. The lowest BCUT2D eigenvalue weighted by molar-refractivity contribution is -0.386. The summed E-state index contributed by atoms with van der Waals surface area (Å²) in [6.07, 6.45) is 1.25. The quantitative estimate of drug-likeness (QED) is 0.194. The summed E-state index contributed by atoms with van der Waals surface area (Å²) in [6, 6.07) is 17.0. The number of ether oxygens (including phenoxy) is 2. The Bertz CT molecular complexity index is 1400. The molecule has 188 valence electrons. The SMILES string of the molecule is CCOc1cc(/C=C2/C(=O)NN(c3ccccc3)C2=O)cc([N+](=O)[O-])c1OCc1ccc(C(=O)O)cc1. The molecule has 1 fully saturated rings. The molecule has 4 rings (SSSR count). The number of carboxylic acids is 1. The van der Waals surface area contributed by atoms with E-state index in [9.17, 15) is 24.5 Å². The third-order valence-corrected chi connectivity index (χ3v) is 5.36. The monoisotopic (exact) mass is 503 g/mol. The van der Waals surface area contributed by atoms with E-state index in [1.807, 2.05) is 0 Å². The number of amides is 2. The molecule has 0 bridgehead atoms. The second-order valence-corrected chi connectivity index (χ2v) is 7.82. The number of nitrogens with one attached hydrogen (secondary N) is 1. The molecule has 0 aromatic heterocycles. The highest BCUT2D eigenvalue weighted by Gasteiger charge is 2.34. The summed E-state index contributed by atoms with van der Waals surface area (Å²) in [4.78, 5) is 47.7. The molecular weight excluding hydrogens is 482 g/mol. The van der Waals surface area contributed by atoms with Crippen LogP contribution in [0, 0.1) is 10.1 Å². The van der Waals surface area contributed by atoms with E-state index in [0.29, 0.717) is 11.3 Å². The predicted molar refractivity (Wildman–Crippen MR) is 132 cm³/mol. The highest BCUT2D eigenvalue weighted by atomic mass is 16.6. The van der Waals surface area contributed by atoms with Gasteiger partial charge in [0.05, 0.1) is 22.8 Å². The molecule has 1 heterocycles. The van der Waals surface area contributed by atoms with Gasteiger partial charge < -0.3 is 14.6 Å². The normalized spacial score (nSPS) is 14.0. The van der Waals surface area contributed by atoms with E-state index in [-0.39, 0.29) is 41.4 Å². The van der Waals surface area contributed by atoms with Crippen molar-refractivity contribution in [2.24, 2.45) is 0 Å². The lowest BCUT2D eigenvalue weighted by atomic mass is 10.1. The highest BCUT2D eigenvalue weighted by Crippen LogP contribution is 2.40. The van der Waals surface area contributed by atoms with Crippen molar-refractivity contribution in [1.82, 2.24) is 5.43 Å². The van der Waals surface area contributed by atoms with Gasteiger partial charge >= 0.3 is 11.7 Å². The van der Waals surface area contributed by atoms with Crippen molar-refractivity contribution in [3.63, 3.8) is 0 Å². The Balaban J connectivity index is 1.66. The lowest BCUT2D eigenvalue weighted by Gasteiger charge is -2.14. The number of benzene rings is 3. The maximum Gasteiger partial charge on any atom is 0.335 e. The summed E-state index contributed by atoms with van der Waals surface area (Å²) in [5, 5.41) is 22.0. The van der Waals surface area contributed by atoms with E-state index < -0.39 is 28.4 Å². The number of nitro benzene ring substituents is 1. The van der Waals surface area contributed by atoms with Gasteiger partial charge in [0.25, 0.3) is 11.8 Å². The van der Waals surface area contributed by atoms with Crippen molar-refractivity contribution in [3.8, 4) is 11.5 Å². The molecule has 0 spiro atoms. The first-order chi connectivity index (χ1) is 17.8. The van der Waals surface area contributed by atoms with Crippen molar-refractivity contribution in [1.29, 1.82) is 0 Å². The molecule has 37 heavy (non-hydrogen) atoms. The minimum atomic E-state index is -1.08. The summed E-state index contributed by atoms with van der Waals surface area (Å²) >= 11 is 0. The van der Waals surface area contributed by atoms with Gasteiger partial charge in [0, 0.05) is 6.07 Å². The number of carboxylic acid groups (broad SMARTS) is 1. The van der Waals surface area contributed by atoms with Gasteiger partial charge in [-0.05, 0) is 54.5 Å². The Hall–Kier alpha value is -5.19. The first-order valence-corrected chi connectivity index (χ1v) is 11.1. The number of hydrazine groups is 1. The molecule has 0 atom stereocenters. The van der Waals surface area contributed by atoms with Crippen LogP contribution in [0.15, 0.2) is 72.3 Å². The van der Waals surface area contributed by atoms with E-state index in [1.54, 1.807) is 37.3 Å². The van der Waals surface area contributed by atoms with Gasteiger partial charge in [0.15, 0.2) is 5.75 Å². The number of anilines is 1. The van der Waals surface area contributed by atoms with E-state index in [1.165, 1.54) is 42.5 Å². The fourth-order valence-electron chi connectivity index (χ4n) is 3.62. The van der Waals surface area contributed by atoms with Crippen LogP contribution in [0.3, 0.4) is 0 Å². The second kappa shape index (κ2) is 10.6. The van der Waals surface area contributed by atoms with Gasteiger partial charge in [0.1, 0.15) is 12.2 Å². The maximum absolute atomic E-state index is 12.9. The molecule has 1 aliphatic rings. The molecule has 3 aromatic rings. The number of hydrogen-bond donors (Lipinski definition) is 2. The molecular formula is C26H21N3O8. The van der Waals surface area contributed by atoms with E-state index in [0.717, 1.165) is 5.01 Å². The second-order valence-electron chi connectivity index (χ2n) is 7.82. The standard InChI is InChI=1S/C26H21N3O8/c1-2-36-22-14-17(12-20-24(30)27-28(25(20)31)19-6-4-3-5-7-19)13-21(29(34)35)23(22)37-15-16-8-10-18(11-9-16)26(32)33/h3-14H,2,15H2,1H3,(H,27,30)(H,32,33)/b20-12-. The van der Waals surface area contributed by atoms with Crippen LogP contribution in [0.1, 0.15) is 28.4 Å². The Morgan fingerprint density at radius 2 is 1.78 bits per heavy atom. The Kier molecular flexibility index (Phi) is 7.14. The topological polar surface area (TPSA) is 148 Å². The molecule has 2 amide bonds. The van der Waals surface area contributed by atoms with Crippen LogP contribution >= 0.6 is 0 Å². The number of carbonyl (C=O) groups is 3. The Morgan fingerprint density at radius 3 is 2.41 bits per heavy atom. The van der Waals surface area contributed by atoms with Crippen LogP contribution in [0.5, 0.6) is 11.5 Å². The number of para-hydroxylation sites is 1. The number of carbonyl (C=O) groups excluding carboxylic acids is 2. The molecule has 0 unspecified atom stereocenters. The van der Waals surface area contributed by atoms with Crippen molar-refractivity contribution >= 4 is 35.2 Å². The third-order valence-electron chi connectivity index (χ3n) is 5.36. The number of hydrogen-bond acceptors (Lipinski definition) is 7. The van der Waals surface area contributed by atoms with Crippen molar-refractivity contribution < 1.29 is 33.9 Å². The third kappa shape index (κ3) is 5.40. The predicted octanol–water partition coefficient (Wildman–Crippen LogP) is 3.73. The Labute approximate surface area is 210 Å². The van der Waals surface area contributed by atoms with Crippen molar-refractivity contribution in [2.45, 2.75) is 13.5 Å². The van der Waals surface area contributed by atoms with Gasteiger partial charge in [-0.2, -0.15) is 0 Å². The van der Waals surface area contributed by atoms with E-state index in [4.69, 9.17) is 14.6 Å². The lowest BCUT2D eigenvalue weighted by Crippen LogP contribution is -2.35. The molecule has 2 N–H and O–H groups in total. The van der Waals surface area contributed by atoms with Gasteiger partial charge in [0.2, 0.25) is 5.75 Å². The molecule has 11 nitrogen and oxygen atoms in total. The summed E-state index contributed by atoms with van der Waals surface area (Å²) in [5.74, 6) is -2.42. The number of aromatic carboxylic acids is 1. The van der Waals surface area contributed by atoms with Crippen LogP contribution in [0.25, 0.3) is 6.08 Å². The molecule has 1 aliphatic heterocycles. The summed E-state index contributed by atoms with van der Waals surface area (Å²) in [7, 11) is 0. The summed E-state index contributed by atoms with van der Waals surface area (Å²) in [6.45, 7) is 1.77. The van der Waals surface area contributed by atoms with Crippen LogP contribution in [0.2, 0.25) is 0 Å².